The molecule has 4 nitrogen and oxygen atoms in total. The zero-order chi connectivity index (χ0) is 9.68. The van der Waals surface area contributed by atoms with Gasteiger partial charge in [-0.1, -0.05) is 5.16 Å². The molecule has 0 saturated heterocycles. The van der Waals surface area contributed by atoms with E-state index in [9.17, 15) is 4.79 Å². The van der Waals surface area contributed by atoms with Crippen LogP contribution < -0.4 is 0 Å². The van der Waals surface area contributed by atoms with Crippen molar-refractivity contribution in [3.8, 4) is 0 Å². The second-order valence-corrected chi connectivity index (χ2v) is 3.19. The van der Waals surface area contributed by atoms with Gasteiger partial charge in [-0.2, -0.15) is 0 Å². The fraction of sp³-hybridized carbons (Fsp3) is 0.778. The predicted octanol–water partition coefficient (Wildman–Crippen LogP) is 1.57. The third kappa shape index (κ3) is 2.72. The minimum Gasteiger partial charge on any atom is -0.466 e. The van der Waals surface area contributed by atoms with E-state index < -0.39 is 0 Å². The lowest BCUT2D eigenvalue weighted by molar-refractivity contribution is -0.143. The number of hydrogen-bond donors (Lipinski definition) is 1. The van der Waals surface area contributed by atoms with Crippen LogP contribution >= 0.6 is 0 Å². The SMILES string of the molecule is CCOC(=O)CC1CCC/C1=N\O. The minimum atomic E-state index is -0.199. The summed E-state index contributed by atoms with van der Waals surface area (Å²) in [4.78, 5) is 11.1. The molecule has 74 valence electrons. The topological polar surface area (TPSA) is 58.9 Å². The molecule has 1 N–H and O–H groups in total. The van der Waals surface area contributed by atoms with Gasteiger partial charge in [0.1, 0.15) is 0 Å². The Labute approximate surface area is 77.6 Å². The molecular formula is C9H15NO3. The van der Waals surface area contributed by atoms with Crippen LogP contribution in [0.25, 0.3) is 0 Å². The van der Waals surface area contributed by atoms with Gasteiger partial charge in [0.05, 0.1) is 18.7 Å². The third-order valence-corrected chi connectivity index (χ3v) is 2.30. The Morgan fingerprint density at radius 1 is 1.77 bits per heavy atom. The van der Waals surface area contributed by atoms with Gasteiger partial charge in [0.25, 0.3) is 0 Å². The largest absolute Gasteiger partial charge is 0.466 e. The summed E-state index contributed by atoms with van der Waals surface area (Å²) in [6, 6.07) is 0. The highest BCUT2D eigenvalue weighted by Gasteiger charge is 2.25. The van der Waals surface area contributed by atoms with Crippen molar-refractivity contribution in [3.05, 3.63) is 0 Å². The van der Waals surface area contributed by atoms with E-state index >= 15 is 0 Å². The molecule has 0 aromatic carbocycles. The van der Waals surface area contributed by atoms with Crippen LogP contribution in [0.15, 0.2) is 5.16 Å². The maximum absolute atomic E-state index is 11.1. The monoisotopic (exact) mass is 185 g/mol. The fourth-order valence-corrected chi connectivity index (χ4v) is 1.67. The van der Waals surface area contributed by atoms with Crippen LogP contribution in [0.4, 0.5) is 0 Å². The molecule has 0 aromatic heterocycles. The first-order valence-electron chi connectivity index (χ1n) is 4.64. The maximum atomic E-state index is 11.1. The highest BCUT2D eigenvalue weighted by Crippen LogP contribution is 2.25. The Morgan fingerprint density at radius 2 is 2.54 bits per heavy atom. The molecule has 0 aliphatic heterocycles. The molecule has 0 aromatic rings. The van der Waals surface area contributed by atoms with Gasteiger partial charge in [-0.25, -0.2) is 0 Å². The molecule has 1 saturated carbocycles. The number of carbonyl (C=O) groups is 1. The average Bonchev–Trinajstić information content (AvgIpc) is 2.52. The number of esters is 1. The van der Waals surface area contributed by atoms with Gasteiger partial charge in [0, 0.05) is 5.92 Å². The second-order valence-electron chi connectivity index (χ2n) is 3.19. The zero-order valence-electron chi connectivity index (χ0n) is 7.82. The smallest absolute Gasteiger partial charge is 0.306 e. The molecule has 13 heavy (non-hydrogen) atoms. The first kappa shape index (κ1) is 10.0. The quantitative estimate of drug-likeness (QED) is 0.412. The Morgan fingerprint density at radius 3 is 3.15 bits per heavy atom. The van der Waals surface area contributed by atoms with Gasteiger partial charge < -0.3 is 9.94 Å². The summed E-state index contributed by atoms with van der Waals surface area (Å²) < 4.78 is 4.82. The van der Waals surface area contributed by atoms with Crippen molar-refractivity contribution < 1.29 is 14.7 Å². The summed E-state index contributed by atoms with van der Waals surface area (Å²) in [5.41, 5.74) is 0.744. The molecule has 1 unspecified atom stereocenters. The van der Waals surface area contributed by atoms with E-state index in [2.05, 4.69) is 5.16 Å². The molecule has 0 heterocycles. The standard InChI is InChI=1S/C9H15NO3/c1-2-13-9(11)6-7-4-3-5-8(7)10-12/h7,12H,2-6H2,1H3/b10-8+. The number of carbonyl (C=O) groups excluding carboxylic acids is 1. The summed E-state index contributed by atoms with van der Waals surface area (Å²) in [7, 11) is 0. The number of nitrogens with zero attached hydrogens (tertiary/aromatic N) is 1. The molecule has 0 bridgehead atoms. The van der Waals surface area contributed by atoms with Crippen LogP contribution in [-0.4, -0.2) is 23.5 Å². The Bertz CT molecular complexity index is 213. The molecule has 0 radical (unpaired) electrons. The van der Waals surface area contributed by atoms with E-state index in [1.54, 1.807) is 6.92 Å². The lowest BCUT2D eigenvalue weighted by atomic mass is 10.0. The average molecular weight is 185 g/mol. The molecule has 1 fully saturated rings. The summed E-state index contributed by atoms with van der Waals surface area (Å²) >= 11 is 0. The van der Waals surface area contributed by atoms with E-state index in [0.717, 1.165) is 25.0 Å². The summed E-state index contributed by atoms with van der Waals surface area (Å²) in [6.07, 6.45) is 3.09. The highest BCUT2D eigenvalue weighted by molar-refractivity contribution is 5.90. The number of rotatable bonds is 3. The van der Waals surface area contributed by atoms with Crippen molar-refractivity contribution in [2.45, 2.75) is 32.6 Å². The summed E-state index contributed by atoms with van der Waals surface area (Å²) in [6.45, 7) is 2.20. The molecule has 1 aliphatic rings. The lowest BCUT2D eigenvalue weighted by Crippen LogP contribution is -2.15. The molecule has 0 amide bonds. The molecule has 1 rings (SSSR count). The highest BCUT2D eigenvalue weighted by atomic mass is 16.5. The van der Waals surface area contributed by atoms with E-state index in [1.807, 2.05) is 0 Å². The predicted molar refractivity (Wildman–Crippen MR) is 47.8 cm³/mol. The van der Waals surface area contributed by atoms with Gasteiger partial charge >= 0.3 is 5.97 Å². The van der Waals surface area contributed by atoms with Crippen molar-refractivity contribution in [1.29, 1.82) is 0 Å². The fourth-order valence-electron chi connectivity index (χ4n) is 1.67. The third-order valence-electron chi connectivity index (χ3n) is 2.30. The normalized spacial score (nSPS) is 25.0. The maximum Gasteiger partial charge on any atom is 0.306 e. The number of oxime groups is 1. The number of hydrogen-bond acceptors (Lipinski definition) is 4. The van der Waals surface area contributed by atoms with Crippen LogP contribution in [0.5, 0.6) is 0 Å². The van der Waals surface area contributed by atoms with E-state index in [1.165, 1.54) is 0 Å². The minimum absolute atomic E-state index is 0.101. The Kier molecular flexibility index (Phi) is 3.73. The van der Waals surface area contributed by atoms with Crippen LogP contribution in [0.2, 0.25) is 0 Å². The van der Waals surface area contributed by atoms with Crippen LogP contribution in [-0.2, 0) is 9.53 Å². The summed E-state index contributed by atoms with van der Waals surface area (Å²) in [5, 5.41) is 11.8. The van der Waals surface area contributed by atoms with Crippen molar-refractivity contribution in [3.63, 3.8) is 0 Å². The van der Waals surface area contributed by atoms with Gasteiger partial charge in [-0.3, -0.25) is 4.79 Å². The second kappa shape index (κ2) is 4.84. The molecule has 0 spiro atoms. The van der Waals surface area contributed by atoms with Gasteiger partial charge in [-0.15, -0.1) is 0 Å². The zero-order valence-corrected chi connectivity index (χ0v) is 7.82. The first-order valence-corrected chi connectivity index (χ1v) is 4.64. The first-order chi connectivity index (χ1) is 6.27. The van der Waals surface area contributed by atoms with Gasteiger partial charge in [-0.05, 0) is 26.2 Å². The number of ether oxygens (including phenoxy) is 1. The Balaban J connectivity index is 2.40. The molecule has 4 heteroatoms. The molecular weight excluding hydrogens is 170 g/mol. The van der Waals surface area contributed by atoms with Crippen LogP contribution in [0.3, 0.4) is 0 Å². The van der Waals surface area contributed by atoms with E-state index in [-0.39, 0.29) is 11.9 Å². The van der Waals surface area contributed by atoms with Gasteiger partial charge in [0.15, 0.2) is 0 Å². The van der Waals surface area contributed by atoms with Crippen LogP contribution in [0.1, 0.15) is 32.6 Å². The Hall–Kier alpha value is -1.06. The van der Waals surface area contributed by atoms with Crippen LogP contribution in [0, 0.1) is 5.92 Å². The van der Waals surface area contributed by atoms with Crippen molar-refractivity contribution in [2.75, 3.05) is 6.61 Å². The van der Waals surface area contributed by atoms with Crippen molar-refractivity contribution >= 4 is 11.7 Å². The van der Waals surface area contributed by atoms with E-state index in [4.69, 9.17) is 9.94 Å². The summed E-state index contributed by atoms with van der Waals surface area (Å²) in [5.74, 6) is -0.0976. The van der Waals surface area contributed by atoms with Crippen molar-refractivity contribution in [2.24, 2.45) is 11.1 Å². The van der Waals surface area contributed by atoms with E-state index in [0.29, 0.717) is 13.0 Å². The molecule has 1 atom stereocenters. The molecule has 1 aliphatic carbocycles. The van der Waals surface area contributed by atoms with Gasteiger partial charge in [0.2, 0.25) is 0 Å². The lowest BCUT2D eigenvalue weighted by Gasteiger charge is -2.08. The van der Waals surface area contributed by atoms with Crippen molar-refractivity contribution in [1.82, 2.24) is 0 Å².